The minimum atomic E-state index is -3.66. The molecule has 1 aliphatic heterocycles. The van der Waals surface area contributed by atoms with E-state index in [0.29, 0.717) is 18.7 Å². The van der Waals surface area contributed by atoms with Crippen LogP contribution in [0.4, 0.5) is 4.39 Å². The molecule has 1 aliphatic rings. The summed E-state index contributed by atoms with van der Waals surface area (Å²) in [5.41, 5.74) is 0.586. The summed E-state index contributed by atoms with van der Waals surface area (Å²) in [7, 11) is 2.51. The van der Waals surface area contributed by atoms with Crippen molar-refractivity contribution < 1.29 is 12.8 Å². The Balaban J connectivity index is 2.08. The molecule has 1 aromatic rings. The molecule has 1 fully saturated rings. The van der Waals surface area contributed by atoms with Gasteiger partial charge in [0.25, 0.3) is 0 Å². The molecule has 7 heteroatoms. The lowest BCUT2D eigenvalue weighted by atomic mass is 10.1. The first-order valence-electron chi connectivity index (χ1n) is 8.83. The molecule has 1 atom stereocenters. The molecule has 1 aromatic carbocycles. The molecule has 142 valence electrons. The van der Waals surface area contributed by atoms with Gasteiger partial charge in [0.05, 0.1) is 4.90 Å². The summed E-state index contributed by atoms with van der Waals surface area (Å²) in [5.74, 6) is -0.515. The summed E-state index contributed by atoms with van der Waals surface area (Å²) in [6, 6.07) is 4.16. The molecule has 2 rings (SSSR count). The van der Waals surface area contributed by atoms with Gasteiger partial charge in [-0.3, -0.25) is 0 Å². The van der Waals surface area contributed by atoms with Gasteiger partial charge in [-0.15, -0.1) is 0 Å². The number of likely N-dealkylation sites (N-methyl/N-ethyl adjacent to an activating group) is 1. The summed E-state index contributed by atoms with van der Waals surface area (Å²) in [6.45, 7) is 4.63. The predicted molar refractivity (Wildman–Crippen MR) is 98.7 cm³/mol. The summed E-state index contributed by atoms with van der Waals surface area (Å²) < 4.78 is 41.0. The Morgan fingerprint density at radius 3 is 2.64 bits per heavy atom. The van der Waals surface area contributed by atoms with E-state index in [1.54, 1.807) is 6.92 Å². The molecule has 1 heterocycles. The van der Waals surface area contributed by atoms with Gasteiger partial charge >= 0.3 is 0 Å². The molecule has 25 heavy (non-hydrogen) atoms. The molecular formula is C18H30FN3O2S. The van der Waals surface area contributed by atoms with Gasteiger partial charge in [0.2, 0.25) is 10.0 Å². The molecule has 1 saturated heterocycles. The van der Waals surface area contributed by atoms with Crippen molar-refractivity contribution in [1.29, 1.82) is 0 Å². The van der Waals surface area contributed by atoms with Crippen LogP contribution in [-0.2, 0) is 10.0 Å². The van der Waals surface area contributed by atoms with Gasteiger partial charge in [0, 0.05) is 19.1 Å². The zero-order chi connectivity index (χ0) is 18.6. The number of hydrogen-bond acceptors (Lipinski definition) is 4. The predicted octanol–water partition coefficient (Wildman–Crippen LogP) is 2.17. The summed E-state index contributed by atoms with van der Waals surface area (Å²) in [6.07, 6.45) is 2.87. The van der Waals surface area contributed by atoms with E-state index in [2.05, 4.69) is 30.9 Å². The maximum atomic E-state index is 13.6. The van der Waals surface area contributed by atoms with Crippen LogP contribution in [0.2, 0.25) is 0 Å². The molecule has 0 radical (unpaired) electrons. The molecule has 0 spiro atoms. The van der Waals surface area contributed by atoms with E-state index >= 15 is 0 Å². The van der Waals surface area contributed by atoms with Gasteiger partial charge < -0.3 is 9.80 Å². The minimum absolute atomic E-state index is 0.0865. The summed E-state index contributed by atoms with van der Waals surface area (Å²) in [4.78, 5) is 4.49. The normalized spacial score (nSPS) is 19.7. The molecule has 0 amide bonds. The average molecular weight is 372 g/mol. The van der Waals surface area contributed by atoms with Crippen molar-refractivity contribution in [3.05, 3.63) is 29.6 Å². The highest BCUT2D eigenvalue weighted by Crippen LogP contribution is 2.25. The maximum absolute atomic E-state index is 13.6. The summed E-state index contributed by atoms with van der Waals surface area (Å²) in [5, 5.41) is 0. The van der Waals surface area contributed by atoms with Crippen LogP contribution >= 0.6 is 0 Å². The zero-order valence-electron chi connectivity index (χ0n) is 15.7. The van der Waals surface area contributed by atoms with Crippen molar-refractivity contribution in [2.45, 2.75) is 37.1 Å². The average Bonchev–Trinajstić information content (AvgIpc) is 2.56. The molecule has 0 aromatic heterocycles. The fraction of sp³-hybridized carbons (Fsp3) is 0.667. The number of aryl methyl sites for hydroxylation is 1. The Morgan fingerprint density at radius 1 is 1.24 bits per heavy atom. The van der Waals surface area contributed by atoms with Gasteiger partial charge in [-0.25, -0.2) is 12.8 Å². The SMILES string of the molecule is Cc1ccc(F)cc1S(=O)(=O)N1CCCC(N(C)CCCN(C)C)C1. The molecule has 0 aliphatic carbocycles. The number of rotatable bonds is 7. The topological polar surface area (TPSA) is 43.9 Å². The van der Waals surface area contributed by atoms with Gasteiger partial charge in [-0.2, -0.15) is 4.31 Å². The molecule has 0 bridgehead atoms. The molecular weight excluding hydrogens is 341 g/mol. The maximum Gasteiger partial charge on any atom is 0.243 e. The Labute approximate surface area is 151 Å². The second-order valence-corrected chi connectivity index (χ2v) is 9.11. The van der Waals surface area contributed by atoms with Crippen LogP contribution < -0.4 is 0 Å². The van der Waals surface area contributed by atoms with Crippen LogP contribution in [-0.4, -0.2) is 75.9 Å². The highest BCUT2D eigenvalue weighted by molar-refractivity contribution is 7.89. The quantitative estimate of drug-likeness (QED) is 0.737. The third kappa shape index (κ3) is 5.23. The van der Waals surface area contributed by atoms with E-state index in [4.69, 9.17) is 0 Å². The van der Waals surface area contributed by atoms with Crippen LogP contribution in [0, 0.1) is 12.7 Å². The highest BCUT2D eigenvalue weighted by Gasteiger charge is 2.32. The van der Waals surface area contributed by atoms with Crippen LogP contribution in [0.3, 0.4) is 0 Å². The Bertz CT molecular complexity index is 679. The van der Waals surface area contributed by atoms with Gasteiger partial charge in [-0.05, 0) is 78.1 Å². The number of sulfonamides is 1. The second kappa shape index (κ2) is 8.58. The molecule has 1 unspecified atom stereocenters. The third-order valence-corrected chi connectivity index (χ3v) is 6.87. The van der Waals surface area contributed by atoms with E-state index in [1.807, 2.05) is 0 Å². The van der Waals surface area contributed by atoms with Gasteiger partial charge in [-0.1, -0.05) is 6.07 Å². The highest BCUT2D eigenvalue weighted by atomic mass is 32.2. The first-order valence-corrected chi connectivity index (χ1v) is 10.3. The molecule has 0 saturated carbocycles. The zero-order valence-corrected chi connectivity index (χ0v) is 16.5. The number of piperidine rings is 1. The van der Waals surface area contributed by atoms with Crippen LogP contribution in [0.25, 0.3) is 0 Å². The third-order valence-electron chi connectivity index (χ3n) is 4.87. The van der Waals surface area contributed by atoms with Gasteiger partial charge in [0.1, 0.15) is 5.82 Å². The lowest BCUT2D eigenvalue weighted by molar-refractivity contribution is 0.158. The van der Waals surface area contributed by atoms with E-state index in [0.717, 1.165) is 38.4 Å². The van der Waals surface area contributed by atoms with E-state index < -0.39 is 15.8 Å². The number of nitrogens with zero attached hydrogens (tertiary/aromatic N) is 3. The Morgan fingerprint density at radius 2 is 1.96 bits per heavy atom. The van der Waals surface area contributed by atoms with Crippen LogP contribution in [0.5, 0.6) is 0 Å². The lowest BCUT2D eigenvalue weighted by Gasteiger charge is -2.37. The van der Waals surface area contributed by atoms with E-state index in [-0.39, 0.29) is 10.9 Å². The monoisotopic (exact) mass is 371 g/mol. The number of benzene rings is 1. The number of hydrogen-bond donors (Lipinski definition) is 0. The lowest BCUT2D eigenvalue weighted by Crippen LogP contribution is -2.49. The summed E-state index contributed by atoms with van der Waals surface area (Å²) >= 11 is 0. The van der Waals surface area contributed by atoms with Gasteiger partial charge in [0.15, 0.2) is 0 Å². The van der Waals surface area contributed by atoms with Crippen molar-refractivity contribution in [2.75, 3.05) is 47.3 Å². The van der Waals surface area contributed by atoms with Crippen molar-refractivity contribution in [1.82, 2.24) is 14.1 Å². The van der Waals surface area contributed by atoms with Crippen molar-refractivity contribution in [3.63, 3.8) is 0 Å². The smallest absolute Gasteiger partial charge is 0.243 e. The van der Waals surface area contributed by atoms with Crippen molar-refractivity contribution in [2.24, 2.45) is 0 Å². The fourth-order valence-electron chi connectivity index (χ4n) is 3.31. The Kier molecular flexibility index (Phi) is 6.96. The van der Waals surface area contributed by atoms with Crippen LogP contribution in [0.1, 0.15) is 24.8 Å². The van der Waals surface area contributed by atoms with E-state index in [9.17, 15) is 12.8 Å². The number of halogens is 1. The van der Waals surface area contributed by atoms with Crippen molar-refractivity contribution >= 4 is 10.0 Å². The van der Waals surface area contributed by atoms with Crippen LogP contribution in [0.15, 0.2) is 23.1 Å². The first-order chi connectivity index (χ1) is 11.7. The minimum Gasteiger partial charge on any atom is -0.309 e. The molecule has 0 N–H and O–H groups in total. The largest absolute Gasteiger partial charge is 0.309 e. The van der Waals surface area contributed by atoms with E-state index in [1.165, 1.54) is 16.4 Å². The second-order valence-electron chi connectivity index (χ2n) is 7.21. The first kappa shape index (κ1) is 20.3. The van der Waals surface area contributed by atoms with Crippen molar-refractivity contribution in [3.8, 4) is 0 Å². The standard InChI is InChI=1S/C18H30FN3O2S/c1-15-8-9-16(19)13-18(15)25(23,24)22-12-5-7-17(14-22)21(4)11-6-10-20(2)3/h8-9,13,17H,5-7,10-12,14H2,1-4H3. The molecule has 5 nitrogen and oxygen atoms in total. The Hall–Kier alpha value is -1.02. The fourth-order valence-corrected chi connectivity index (χ4v) is 5.06.